The van der Waals surface area contributed by atoms with Crippen LogP contribution in [0.4, 0.5) is 8.78 Å². The van der Waals surface area contributed by atoms with Crippen molar-refractivity contribution in [2.45, 2.75) is 0 Å². The van der Waals surface area contributed by atoms with Crippen LogP contribution < -0.4 is 0 Å². The number of nitrogens with zero attached hydrogens (tertiary/aromatic N) is 4. The maximum atomic E-state index is 14.5. The Labute approximate surface area is 151 Å². The number of pyridine rings is 1. The summed E-state index contributed by atoms with van der Waals surface area (Å²) in [6.07, 6.45) is 4.87. The van der Waals surface area contributed by atoms with E-state index in [0.717, 1.165) is 24.8 Å². The lowest BCUT2D eigenvalue weighted by molar-refractivity contribution is 0.0599. The number of halogens is 2. The van der Waals surface area contributed by atoms with Crippen molar-refractivity contribution in [3.8, 4) is 22.5 Å². The number of hydrogen-bond acceptors (Lipinski definition) is 5. The van der Waals surface area contributed by atoms with Gasteiger partial charge in [0, 0.05) is 24.2 Å². The van der Waals surface area contributed by atoms with Crippen molar-refractivity contribution in [2.75, 3.05) is 7.11 Å². The maximum Gasteiger partial charge on any atom is 0.338 e. The highest BCUT2D eigenvalue weighted by Crippen LogP contribution is 2.31. The molecule has 0 unspecified atom stereocenters. The van der Waals surface area contributed by atoms with Gasteiger partial charge in [-0.25, -0.2) is 13.6 Å². The SMILES string of the molecule is COC(=O)c1cc(F)c(-c2cc3c(-c4cnn(C)c4)n[nH]c3cn2)c(F)c1. The van der Waals surface area contributed by atoms with E-state index in [4.69, 9.17) is 0 Å². The van der Waals surface area contributed by atoms with Crippen molar-refractivity contribution in [2.24, 2.45) is 7.05 Å². The fourth-order valence-electron chi connectivity index (χ4n) is 2.87. The summed E-state index contributed by atoms with van der Waals surface area (Å²) in [4.78, 5) is 15.6. The van der Waals surface area contributed by atoms with Crippen LogP contribution in [0.2, 0.25) is 0 Å². The lowest BCUT2D eigenvalue weighted by Gasteiger charge is -2.07. The molecule has 1 N–H and O–H groups in total. The average Bonchev–Trinajstić information content (AvgIpc) is 3.25. The zero-order chi connectivity index (χ0) is 19.1. The van der Waals surface area contributed by atoms with E-state index >= 15 is 0 Å². The fourth-order valence-corrected chi connectivity index (χ4v) is 2.87. The molecular weight excluding hydrogens is 356 g/mol. The predicted octanol–water partition coefficient (Wildman–Crippen LogP) is 3.09. The van der Waals surface area contributed by atoms with Gasteiger partial charge in [-0.1, -0.05) is 0 Å². The molecule has 1 aromatic carbocycles. The minimum Gasteiger partial charge on any atom is -0.465 e. The molecule has 3 aromatic heterocycles. The topological polar surface area (TPSA) is 85.7 Å². The quantitative estimate of drug-likeness (QED) is 0.561. The number of carbonyl (C=O) groups is 1. The minimum absolute atomic E-state index is 0.0838. The smallest absolute Gasteiger partial charge is 0.338 e. The summed E-state index contributed by atoms with van der Waals surface area (Å²) in [7, 11) is 2.92. The maximum absolute atomic E-state index is 14.5. The van der Waals surface area contributed by atoms with Crippen molar-refractivity contribution in [3.05, 3.63) is 54.0 Å². The fraction of sp³-hybridized carbons (Fsp3) is 0.111. The summed E-state index contributed by atoms with van der Waals surface area (Å²) in [6.45, 7) is 0. The second-order valence-electron chi connectivity index (χ2n) is 5.90. The Morgan fingerprint density at radius 2 is 1.93 bits per heavy atom. The van der Waals surface area contributed by atoms with E-state index in [9.17, 15) is 13.6 Å². The van der Waals surface area contributed by atoms with Gasteiger partial charge >= 0.3 is 5.97 Å². The van der Waals surface area contributed by atoms with Gasteiger partial charge in [0.25, 0.3) is 0 Å². The van der Waals surface area contributed by atoms with Crippen LogP contribution in [-0.2, 0) is 11.8 Å². The van der Waals surface area contributed by atoms with Crippen LogP contribution in [0, 0.1) is 11.6 Å². The molecular formula is C18H13F2N5O2. The molecule has 136 valence electrons. The number of aromatic nitrogens is 5. The Hall–Kier alpha value is -3.62. The number of aryl methyl sites for hydroxylation is 1. The van der Waals surface area contributed by atoms with Gasteiger partial charge in [0.2, 0.25) is 0 Å². The normalized spacial score (nSPS) is 11.1. The summed E-state index contributed by atoms with van der Waals surface area (Å²) in [5.74, 6) is -2.64. The van der Waals surface area contributed by atoms with Gasteiger partial charge in [-0.3, -0.25) is 14.8 Å². The van der Waals surface area contributed by atoms with E-state index in [0.29, 0.717) is 16.6 Å². The number of benzene rings is 1. The number of nitrogens with one attached hydrogen (secondary N) is 1. The minimum atomic E-state index is -0.909. The predicted molar refractivity (Wildman–Crippen MR) is 92.8 cm³/mol. The van der Waals surface area contributed by atoms with Gasteiger partial charge in [0.1, 0.15) is 17.3 Å². The lowest BCUT2D eigenvalue weighted by Crippen LogP contribution is -2.04. The first kappa shape index (κ1) is 16.8. The summed E-state index contributed by atoms with van der Waals surface area (Å²) < 4.78 is 35.2. The second-order valence-corrected chi connectivity index (χ2v) is 5.90. The number of hydrogen-bond donors (Lipinski definition) is 1. The Morgan fingerprint density at radius 3 is 2.56 bits per heavy atom. The van der Waals surface area contributed by atoms with E-state index in [2.05, 4.69) is 25.0 Å². The number of rotatable bonds is 3. The van der Waals surface area contributed by atoms with E-state index in [1.165, 1.54) is 6.20 Å². The number of H-pyrrole nitrogens is 1. The molecule has 3 heterocycles. The molecule has 0 bridgehead atoms. The molecule has 0 radical (unpaired) electrons. The third-order valence-electron chi connectivity index (χ3n) is 4.14. The van der Waals surface area contributed by atoms with Crippen molar-refractivity contribution < 1.29 is 18.3 Å². The number of esters is 1. The Morgan fingerprint density at radius 1 is 1.19 bits per heavy atom. The molecule has 0 aliphatic heterocycles. The number of aromatic amines is 1. The van der Waals surface area contributed by atoms with Crippen molar-refractivity contribution in [3.63, 3.8) is 0 Å². The van der Waals surface area contributed by atoms with Crippen LogP contribution in [-0.4, -0.2) is 38.0 Å². The standard InChI is InChI=1S/C18H13F2N5O2/c1-25-8-10(6-22-25)17-11-5-14(21-7-15(11)23-24-17)16-12(19)3-9(4-13(16)20)18(26)27-2/h3-8H,1-2H3,(H,23,24). The number of methoxy groups -OCH3 is 1. The highest BCUT2D eigenvalue weighted by Gasteiger charge is 2.19. The van der Waals surface area contributed by atoms with Gasteiger partial charge in [-0.2, -0.15) is 10.2 Å². The van der Waals surface area contributed by atoms with Gasteiger partial charge in [-0.15, -0.1) is 0 Å². The number of carbonyl (C=O) groups excluding carboxylic acids is 1. The zero-order valence-electron chi connectivity index (χ0n) is 14.3. The van der Waals surface area contributed by atoms with Crippen molar-refractivity contribution in [1.29, 1.82) is 0 Å². The third kappa shape index (κ3) is 2.82. The van der Waals surface area contributed by atoms with Crippen LogP contribution >= 0.6 is 0 Å². The number of ether oxygens (including phenoxy) is 1. The van der Waals surface area contributed by atoms with Crippen molar-refractivity contribution in [1.82, 2.24) is 25.0 Å². The molecule has 27 heavy (non-hydrogen) atoms. The highest BCUT2D eigenvalue weighted by molar-refractivity contribution is 5.95. The molecule has 0 aliphatic rings. The highest BCUT2D eigenvalue weighted by atomic mass is 19.1. The van der Waals surface area contributed by atoms with Crippen LogP contribution in [0.1, 0.15) is 10.4 Å². The van der Waals surface area contributed by atoms with Crippen LogP contribution in [0.15, 0.2) is 36.8 Å². The molecule has 0 atom stereocenters. The number of fused-ring (bicyclic) bond motifs is 1. The van der Waals surface area contributed by atoms with Gasteiger partial charge in [-0.05, 0) is 18.2 Å². The molecule has 0 spiro atoms. The van der Waals surface area contributed by atoms with Crippen LogP contribution in [0.3, 0.4) is 0 Å². The van der Waals surface area contributed by atoms with E-state index in [1.54, 1.807) is 30.2 Å². The summed E-state index contributed by atoms with van der Waals surface area (Å²) in [6, 6.07) is 3.39. The molecule has 0 fully saturated rings. The molecule has 0 amide bonds. The molecule has 0 aliphatic carbocycles. The third-order valence-corrected chi connectivity index (χ3v) is 4.14. The van der Waals surface area contributed by atoms with Crippen LogP contribution in [0.25, 0.3) is 33.4 Å². The van der Waals surface area contributed by atoms with Crippen molar-refractivity contribution >= 4 is 16.9 Å². The first-order chi connectivity index (χ1) is 13.0. The Balaban J connectivity index is 1.86. The largest absolute Gasteiger partial charge is 0.465 e. The van der Waals surface area contributed by atoms with Gasteiger partial charge in [0.05, 0.1) is 41.8 Å². The Bertz CT molecular complexity index is 1160. The van der Waals surface area contributed by atoms with E-state index in [-0.39, 0.29) is 16.8 Å². The first-order valence-corrected chi connectivity index (χ1v) is 7.89. The zero-order valence-corrected chi connectivity index (χ0v) is 14.3. The summed E-state index contributed by atoms with van der Waals surface area (Å²) in [5, 5.41) is 11.8. The monoisotopic (exact) mass is 369 g/mol. The first-order valence-electron chi connectivity index (χ1n) is 7.89. The Kier molecular flexibility index (Phi) is 3.91. The summed E-state index contributed by atoms with van der Waals surface area (Å²) >= 11 is 0. The van der Waals surface area contributed by atoms with Crippen LogP contribution in [0.5, 0.6) is 0 Å². The average molecular weight is 369 g/mol. The van der Waals surface area contributed by atoms with E-state index in [1.807, 2.05) is 0 Å². The van der Waals surface area contributed by atoms with Gasteiger partial charge in [0.15, 0.2) is 0 Å². The van der Waals surface area contributed by atoms with E-state index < -0.39 is 17.6 Å². The van der Waals surface area contributed by atoms with Gasteiger partial charge < -0.3 is 4.74 Å². The molecule has 0 saturated heterocycles. The summed E-state index contributed by atoms with van der Waals surface area (Å²) in [5.41, 5.74) is 1.50. The molecule has 9 heteroatoms. The second kappa shape index (κ2) is 6.27. The lowest BCUT2D eigenvalue weighted by atomic mass is 10.0. The molecule has 4 rings (SSSR count). The molecule has 0 saturated carbocycles. The molecule has 4 aromatic rings. The molecule has 7 nitrogen and oxygen atoms in total.